The second kappa shape index (κ2) is 7.73. The van der Waals surface area contributed by atoms with E-state index in [1.54, 1.807) is 4.90 Å². The Morgan fingerprint density at radius 1 is 1.04 bits per heavy atom. The first-order chi connectivity index (χ1) is 12.4. The first-order valence-electron chi connectivity index (χ1n) is 9.10. The van der Waals surface area contributed by atoms with E-state index in [9.17, 15) is 4.79 Å². The van der Waals surface area contributed by atoms with E-state index in [2.05, 4.69) is 18.2 Å². The Kier molecular flexibility index (Phi) is 5.40. The number of pyridine rings is 1. The Hall–Kier alpha value is -2.62. The summed E-state index contributed by atoms with van der Waals surface area (Å²) in [7, 11) is 0. The molecule has 3 rings (SSSR count). The second-order valence-electron chi connectivity index (χ2n) is 7.58. The highest BCUT2D eigenvalue weighted by Crippen LogP contribution is 2.22. The molecule has 1 fully saturated rings. The van der Waals surface area contributed by atoms with Crippen LogP contribution in [0.5, 0.6) is 0 Å². The molecule has 2 heterocycles. The number of ether oxygens (including phenoxy) is 1. The second-order valence-corrected chi connectivity index (χ2v) is 7.58. The van der Waals surface area contributed by atoms with Crippen LogP contribution in [0, 0.1) is 0 Å². The predicted octanol–water partition coefficient (Wildman–Crippen LogP) is 5.16. The normalized spacial score (nSPS) is 14.9. The largest absolute Gasteiger partial charge is 0.444 e. The molecule has 4 nitrogen and oxygen atoms in total. The summed E-state index contributed by atoms with van der Waals surface area (Å²) in [5, 5.41) is 0. The van der Waals surface area contributed by atoms with Crippen LogP contribution < -0.4 is 0 Å². The molecule has 26 heavy (non-hydrogen) atoms. The lowest BCUT2D eigenvalue weighted by atomic mass is 10.0. The summed E-state index contributed by atoms with van der Waals surface area (Å²) in [6.45, 7) is 7.07. The monoisotopic (exact) mass is 350 g/mol. The molecule has 0 aliphatic carbocycles. The number of hydrogen-bond acceptors (Lipinski definition) is 3. The van der Waals surface area contributed by atoms with Gasteiger partial charge in [-0.15, -0.1) is 0 Å². The lowest BCUT2D eigenvalue weighted by Gasteiger charge is -2.31. The van der Waals surface area contributed by atoms with Gasteiger partial charge in [0.25, 0.3) is 0 Å². The van der Waals surface area contributed by atoms with Crippen molar-refractivity contribution >= 4 is 12.2 Å². The van der Waals surface area contributed by atoms with Crippen molar-refractivity contribution < 1.29 is 9.53 Å². The average molecular weight is 350 g/mol. The molecule has 136 valence electrons. The van der Waals surface area contributed by atoms with Crippen molar-refractivity contribution in [3.63, 3.8) is 0 Å². The molecule has 1 amide bonds. The van der Waals surface area contributed by atoms with Crippen molar-refractivity contribution in [1.29, 1.82) is 0 Å². The van der Waals surface area contributed by atoms with Gasteiger partial charge in [0.05, 0.1) is 11.4 Å². The lowest BCUT2D eigenvalue weighted by Crippen LogP contribution is -2.40. The SMILES string of the molecule is CC(C)(C)OC(=O)N1CCC(=Cc2cccc(-c3ccccc3)n2)CC1. The van der Waals surface area contributed by atoms with E-state index in [4.69, 9.17) is 9.72 Å². The van der Waals surface area contributed by atoms with Gasteiger partial charge in [-0.1, -0.05) is 42.0 Å². The first-order valence-corrected chi connectivity index (χ1v) is 9.10. The van der Waals surface area contributed by atoms with Gasteiger partial charge in [-0.2, -0.15) is 0 Å². The Labute approximate surface area is 155 Å². The highest BCUT2D eigenvalue weighted by atomic mass is 16.6. The molecule has 0 unspecified atom stereocenters. The summed E-state index contributed by atoms with van der Waals surface area (Å²) in [6.07, 6.45) is 3.65. The fourth-order valence-corrected chi connectivity index (χ4v) is 2.96. The van der Waals surface area contributed by atoms with Crippen LogP contribution in [0.2, 0.25) is 0 Å². The van der Waals surface area contributed by atoms with E-state index in [1.165, 1.54) is 5.57 Å². The van der Waals surface area contributed by atoms with Crippen molar-refractivity contribution in [2.45, 2.75) is 39.2 Å². The van der Waals surface area contributed by atoms with Crippen LogP contribution in [0.3, 0.4) is 0 Å². The van der Waals surface area contributed by atoms with Gasteiger partial charge in [-0.3, -0.25) is 0 Å². The minimum Gasteiger partial charge on any atom is -0.444 e. The Balaban J connectivity index is 1.65. The number of piperidine rings is 1. The lowest BCUT2D eigenvalue weighted by molar-refractivity contribution is 0.0237. The summed E-state index contributed by atoms with van der Waals surface area (Å²) in [6, 6.07) is 16.3. The number of benzene rings is 1. The molecule has 0 spiro atoms. The van der Waals surface area contributed by atoms with Gasteiger partial charge in [0.15, 0.2) is 0 Å². The van der Waals surface area contributed by atoms with Gasteiger partial charge in [0.1, 0.15) is 5.60 Å². The summed E-state index contributed by atoms with van der Waals surface area (Å²) in [5.74, 6) is 0. The molecular weight excluding hydrogens is 324 g/mol. The minimum atomic E-state index is -0.449. The standard InChI is InChI=1S/C22H26N2O2/c1-22(2,3)26-21(25)24-14-12-17(13-15-24)16-19-10-7-11-20(23-19)18-8-5-4-6-9-18/h4-11,16H,12-15H2,1-3H3. The molecule has 1 aliphatic rings. The molecule has 0 atom stereocenters. The van der Waals surface area contributed by atoms with Crippen LogP contribution in [0.15, 0.2) is 54.1 Å². The molecule has 1 aromatic carbocycles. The summed E-state index contributed by atoms with van der Waals surface area (Å²) < 4.78 is 5.45. The van der Waals surface area contributed by atoms with E-state index < -0.39 is 5.60 Å². The quantitative estimate of drug-likeness (QED) is 0.751. The maximum Gasteiger partial charge on any atom is 0.410 e. The van der Waals surface area contributed by atoms with E-state index in [0.717, 1.165) is 29.8 Å². The van der Waals surface area contributed by atoms with Crippen LogP contribution in [0.25, 0.3) is 17.3 Å². The van der Waals surface area contributed by atoms with E-state index >= 15 is 0 Å². The van der Waals surface area contributed by atoms with Gasteiger partial charge in [-0.05, 0) is 51.8 Å². The fourth-order valence-electron chi connectivity index (χ4n) is 2.96. The van der Waals surface area contributed by atoms with E-state index in [0.29, 0.717) is 13.1 Å². The van der Waals surface area contributed by atoms with Crippen molar-refractivity contribution in [3.05, 3.63) is 59.8 Å². The molecule has 2 aromatic rings. The van der Waals surface area contributed by atoms with Crippen LogP contribution >= 0.6 is 0 Å². The van der Waals surface area contributed by atoms with Crippen LogP contribution in [0.1, 0.15) is 39.3 Å². The van der Waals surface area contributed by atoms with E-state index in [1.807, 2.05) is 57.2 Å². The predicted molar refractivity (Wildman–Crippen MR) is 105 cm³/mol. The first kappa shape index (κ1) is 18.2. The molecule has 1 aliphatic heterocycles. The highest BCUT2D eigenvalue weighted by molar-refractivity contribution is 5.68. The average Bonchev–Trinajstić information content (AvgIpc) is 2.62. The Bertz CT molecular complexity index is 781. The highest BCUT2D eigenvalue weighted by Gasteiger charge is 2.24. The zero-order chi connectivity index (χ0) is 18.6. The van der Waals surface area contributed by atoms with E-state index in [-0.39, 0.29) is 6.09 Å². The van der Waals surface area contributed by atoms with Crippen LogP contribution in [0.4, 0.5) is 4.79 Å². The van der Waals surface area contributed by atoms with Gasteiger partial charge >= 0.3 is 6.09 Å². The van der Waals surface area contributed by atoms with Gasteiger partial charge in [-0.25, -0.2) is 9.78 Å². The fraction of sp³-hybridized carbons (Fsp3) is 0.364. The molecule has 0 radical (unpaired) electrons. The van der Waals surface area contributed by atoms with Crippen molar-refractivity contribution in [1.82, 2.24) is 9.88 Å². The number of rotatable bonds is 2. The zero-order valence-electron chi connectivity index (χ0n) is 15.7. The smallest absolute Gasteiger partial charge is 0.410 e. The zero-order valence-corrected chi connectivity index (χ0v) is 15.7. The number of carbonyl (C=O) groups excluding carboxylic acids is 1. The number of likely N-dealkylation sites (tertiary alicyclic amines) is 1. The summed E-state index contributed by atoms with van der Waals surface area (Å²) in [4.78, 5) is 18.7. The summed E-state index contributed by atoms with van der Waals surface area (Å²) in [5.41, 5.74) is 3.93. The number of nitrogens with zero attached hydrogens (tertiary/aromatic N) is 2. The molecule has 0 saturated carbocycles. The molecule has 0 bridgehead atoms. The third-order valence-electron chi connectivity index (χ3n) is 4.25. The van der Waals surface area contributed by atoms with Crippen molar-refractivity contribution in [3.8, 4) is 11.3 Å². The molecular formula is C22H26N2O2. The number of hydrogen-bond donors (Lipinski definition) is 0. The third kappa shape index (κ3) is 4.94. The number of carbonyl (C=O) groups is 1. The molecule has 1 aromatic heterocycles. The maximum atomic E-state index is 12.2. The summed E-state index contributed by atoms with van der Waals surface area (Å²) >= 11 is 0. The van der Waals surface area contributed by atoms with Gasteiger partial charge in [0, 0.05) is 18.7 Å². The minimum absolute atomic E-state index is 0.222. The molecule has 4 heteroatoms. The number of amides is 1. The van der Waals surface area contributed by atoms with Crippen molar-refractivity contribution in [2.24, 2.45) is 0 Å². The third-order valence-corrected chi connectivity index (χ3v) is 4.25. The van der Waals surface area contributed by atoms with Crippen LogP contribution in [-0.4, -0.2) is 34.7 Å². The molecule has 1 saturated heterocycles. The Morgan fingerprint density at radius 2 is 1.73 bits per heavy atom. The van der Waals surface area contributed by atoms with Gasteiger partial charge in [0.2, 0.25) is 0 Å². The Morgan fingerprint density at radius 3 is 2.38 bits per heavy atom. The van der Waals surface area contributed by atoms with Crippen LogP contribution in [-0.2, 0) is 4.74 Å². The molecule has 0 N–H and O–H groups in total. The number of aromatic nitrogens is 1. The topological polar surface area (TPSA) is 42.4 Å². The maximum absolute atomic E-state index is 12.2. The van der Waals surface area contributed by atoms with Gasteiger partial charge < -0.3 is 9.64 Å². The van der Waals surface area contributed by atoms with Crippen molar-refractivity contribution in [2.75, 3.05) is 13.1 Å².